The fraction of sp³-hybridized carbons (Fsp3) is 0.750. The van der Waals surface area contributed by atoms with E-state index in [-0.39, 0.29) is 0 Å². The van der Waals surface area contributed by atoms with Crippen molar-refractivity contribution in [1.82, 2.24) is 0 Å². The van der Waals surface area contributed by atoms with E-state index < -0.39 is 12.2 Å². The van der Waals surface area contributed by atoms with Gasteiger partial charge in [-0.2, -0.15) is 0 Å². The van der Waals surface area contributed by atoms with E-state index in [9.17, 15) is 10.2 Å². The van der Waals surface area contributed by atoms with Crippen molar-refractivity contribution in [2.75, 3.05) is 53.5 Å². The maximum Gasteiger partial charge on any atom is 0.137 e. The van der Waals surface area contributed by atoms with Gasteiger partial charge in [-0.25, -0.2) is 0 Å². The highest BCUT2D eigenvalue weighted by Crippen LogP contribution is 2.26. The molecule has 6 unspecified atom stereocenters. The van der Waals surface area contributed by atoms with Crippen LogP contribution >= 0.6 is 0 Å². The van der Waals surface area contributed by atoms with Crippen LogP contribution in [-0.4, -0.2) is 97.0 Å². The molecule has 6 heteroatoms. The van der Waals surface area contributed by atoms with Crippen molar-refractivity contribution in [3.8, 4) is 11.5 Å². The molecule has 0 radical (unpaired) electrons. The lowest BCUT2D eigenvalue weighted by Crippen LogP contribution is -2.52. The molecule has 0 bridgehead atoms. The normalized spacial score (nSPS) is 33.4. The van der Waals surface area contributed by atoms with Crippen LogP contribution in [0.2, 0.25) is 0 Å². The van der Waals surface area contributed by atoms with Crippen molar-refractivity contribution < 1.29 is 28.7 Å². The number of ether oxygens (including phenoxy) is 2. The quantitative estimate of drug-likeness (QED) is 0.569. The zero-order valence-corrected chi connectivity index (χ0v) is 19.3. The molecule has 6 nitrogen and oxygen atoms in total. The lowest BCUT2D eigenvalue weighted by molar-refractivity contribution is -0.922. The first-order valence-corrected chi connectivity index (χ1v) is 11.6. The lowest BCUT2D eigenvalue weighted by atomic mass is 10.2. The standard InChI is InChI=1S/C24H42N2O4/c1-19-7-5-13-25(19,3)15-21(27)17-29-23-9-11-24(12-10-23)30-18-22(28)16-26(4)14-6-8-20(26)2/h9-12,19-22,27-28H,5-8,13-18H2,1-4H3/q+2. The summed E-state index contributed by atoms with van der Waals surface area (Å²) in [6, 6.07) is 8.65. The Bertz CT molecular complexity index is 613. The molecular weight excluding hydrogens is 380 g/mol. The topological polar surface area (TPSA) is 58.9 Å². The molecule has 170 valence electrons. The molecule has 30 heavy (non-hydrogen) atoms. The second-order valence-corrected chi connectivity index (χ2v) is 10.2. The van der Waals surface area contributed by atoms with Crippen LogP contribution in [-0.2, 0) is 0 Å². The smallest absolute Gasteiger partial charge is 0.137 e. The minimum Gasteiger partial charge on any atom is -0.491 e. The molecule has 0 aromatic heterocycles. The van der Waals surface area contributed by atoms with E-state index >= 15 is 0 Å². The number of hydrogen-bond donors (Lipinski definition) is 2. The highest BCUT2D eigenvalue weighted by atomic mass is 16.5. The molecule has 0 saturated carbocycles. The van der Waals surface area contributed by atoms with E-state index in [1.165, 1.54) is 25.7 Å². The predicted molar refractivity (Wildman–Crippen MR) is 119 cm³/mol. The average Bonchev–Trinajstić information content (AvgIpc) is 3.20. The number of likely N-dealkylation sites (tertiary alicyclic amines) is 2. The summed E-state index contributed by atoms with van der Waals surface area (Å²) in [7, 11) is 4.46. The van der Waals surface area contributed by atoms with E-state index in [4.69, 9.17) is 9.47 Å². The van der Waals surface area contributed by atoms with Crippen LogP contribution in [0.3, 0.4) is 0 Å². The zero-order valence-electron chi connectivity index (χ0n) is 19.3. The molecule has 1 aromatic rings. The molecule has 6 atom stereocenters. The summed E-state index contributed by atoms with van der Waals surface area (Å²) in [4.78, 5) is 0. The summed E-state index contributed by atoms with van der Waals surface area (Å²) >= 11 is 0. The van der Waals surface area contributed by atoms with Crippen LogP contribution in [0.4, 0.5) is 0 Å². The number of hydrogen-bond acceptors (Lipinski definition) is 4. The summed E-state index contributed by atoms with van der Waals surface area (Å²) in [5, 5.41) is 20.8. The first-order valence-electron chi connectivity index (χ1n) is 11.6. The number of aliphatic hydroxyl groups excluding tert-OH is 2. The Morgan fingerprint density at radius 1 is 0.800 bits per heavy atom. The average molecular weight is 423 g/mol. The van der Waals surface area contributed by atoms with Gasteiger partial charge in [-0.05, 0) is 38.1 Å². The fourth-order valence-electron chi connectivity index (χ4n) is 5.19. The minimum absolute atomic E-state index is 0.300. The molecular formula is C24H42N2O4+2. The molecule has 2 aliphatic heterocycles. The third-order valence-electron chi connectivity index (χ3n) is 7.67. The van der Waals surface area contributed by atoms with Gasteiger partial charge in [-0.15, -0.1) is 0 Å². The number of quaternary nitrogens is 2. The summed E-state index contributed by atoms with van der Waals surface area (Å²) in [6.45, 7) is 8.86. The molecule has 1 aromatic carbocycles. The third-order valence-corrected chi connectivity index (χ3v) is 7.67. The van der Waals surface area contributed by atoms with Gasteiger partial charge in [0.15, 0.2) is 0 Å². The lowest BCUT2D eigenvalue weighted by Gasteiger charge is -2.36. The zero-order chi connectivity index (χ0) is 21.8. The van der Waals surface area contributed by atoms with Crippen LogP contribution in [0.25, 0.3) is 0 Å². The van der Waals surface area contributed by atoms with Crippen molar-refractivity contribution in [2.24, 2.45) is 0 Å². The number of aliphatic hydroxyl groups is 2. The largest absolute Gasteiger partial charge is 0.491 e. The predicted octanol–water partition coefficient (Wildman–Crippen LogP) is 2.42. The Morgan fingerprint density at radius 3 is 1.47 bits per heavy atom. The number of nitrogens with zero attached hydrogens (tertiary/aromatic N) is 2. The summed E-state index contributed by atoms with van der Waals surface area (Å²) < 4.78 is 13.4. The highest BCUT2D eigenvalue weighted by Gasteiger charge is 2.37. The van der Waals surface area contributed by atoms with Gasteiger partial charge >= 0.3 is 0 Å². The van der Waals surface area contributed by atoms with Gasteiger partial charge in [-0.1, -0.05) is 0 Å². The van der Waals surface area contributed by atoms with Gasteiger partial charge in [-0.3, -0.25) is 0 Å². The fourth-order valence-corrected chi connectivity index (χ4v) is 5.19. The molecule has 2 saturated heterocycles. The van der Waals surface area contributed by atoms with E-state index in [2.05, 4.69) is 27.9 Å². The van der Waals surface area contributed by atoms with E-state index in [1.54, 1.807) is 0 Å². The number of likely N-dealkylation sites (N-methyl/N-ethyl adjacent to an activating group) is 2. The Morgan fingerprint density at radius 2 is 1.17 bits per heavy atom. The van der Waals surface area contributed by atoms with Gasteiger partial charge < -0.3 is 28.7 Å². The monoisotopic (exact) mass is 422 g/mol. The molecule has 0 aliphatic carbocycles. The van der Waals surface area contributed by atoms with Gasteiger partial charge in [0, 0.05) is 25.7 Å². The SMILES string of the molecule is CC1CCC[N+]1(C)CC(O)COc1ccc(OCC(O)C[N+]2(C)CCCC2C)cc1. The molecule has 3 rings (SSSR count). The van der Waals surface area contributed by atoms with Gasteiger partial charge in [0.1, 0.15) is 50.0 Å². The molecule has 0 amide bonds. The summed E-state index contributed by atoms with van der Waals surface area (Å²) in [6.07, 6.45) is 3.99. The van der Waals surface area contributed by atoms with Crippen molar-refractivity contribution in [3.63, 3.8) is 0 Å². The van der Waals surface area contributed by atoms with Gasteiger partial charge in [0.2, 0.25) is 0 Å². The first kappa shape index (κ1) is 23.3. The Kier molecular flexibility index (Phi) is 7.66. The van der Waals surface area contributed by atoms with Crippen LogP contribution in [0.5, 0.6) is 11.5 Å². The number of rotatable bonds is 10. The van der Waals surface area contributed by atoms with Crippen molar-refractivity contribution in [1.29, 1.82) is 0 Å². The van der Waals surface area contributed by atoms with Crippen LogP contribution in [0, 0.1) is 0 Å². The molecule has 2 aliphatic rings. The van der Waals surface area contributed by atoms with E-state index in [0.29, 0.717) is 25.3 Å². The Balaban J connectivity index is 1.39. The third kappa shape index (κ3) is 5.88. The minimum atomic E-state index is -0.473. The maximum absolute atomic E-state index is 10.4. The van der Waals surface area contributed by atoms with Crippen LogP contribution in [0.1, 0.15) is 39.5 Å². The molecule has 0 spiro atoms. The first-order chi connectivity index (χ1) is 14.2. The second kappa shape index (κ2) is 9.86. The second-order valence-electron chi connectivity index (χ2n) is 10.2. The number of benzene rings is 1. The molecule has 2 fully saturated rings. The van der Waals surface area contributed by atoms with Crippen molar-refractivity contribution >= 4 is 0 Å². The Labute approximate surface area is 182 Å². The maximum atomic E-state index is 10.4. The van der Waals surface area contributed by atoms with Crippen molar-refractivity contribution in [3.05, 3.63) is 24.3 Å². The Hall–Kier alpha value is -1.34. The molecule has 2 heterocycles. The summed E-state index contributed by atoms with van der Waals surface area (Å²) in [5.41, 5.74) is 0. The van der Waals surface area contributed by atoms with Crippen LogP contribution in [0.15, 0.2) is 24.3 Å². The highest BCUT2D eigenvalue weighted by molar-refractivity contribution is 5.31. The van der Waals surface area contributed by atoms with Crippen LogP contribution < -0.4 is 9.47 Å². The molecule has 2 N–H and O–H groups in total. The van der Waals surface area contributed by atoms with Gasteiger partial charge in [0.05, 0.1) is 39.3 Å². The van der Waals surface area contributed by atoms with E-state index in [1.807, 2.05) is 24.3 Å². The van der Waals surface area contributed by atoms with Gasteiger partial charge in [0.25, 0.3) is 0 Å². The van der Waals surface area contributed by atoms with E-state index in [0.717, 1.165) is 46.6 Å². The summed E-state index contributed by atoms with van der Waals surface area (Å²) in [5.74, 6) is 1.45. The van der Waals surface area contributed by atoms with Crippen molar-refractivity contribution in [2.45, 2.75) is 63.8 Å².